The minimum absolute atomic E-state index is 0.145. The summed E-state index contributed by atoms with van der Waals surface area (Å²) >= 11 is 0. The van der Waals surface area contributed by atoms with Crippen LogP contribution in [0.5, 0.6) is 0 Å². The van der Waals surface area contributed by atoms with Crippen molar-refractivity contribution in [3.63, 3.8) is 0 Å². The van der Waals surface area contributed by atoms with E-state index in [0.717, 1.165) is 11.8 Å². The van der Waals surface area contributed by atoms with E-state index in [0.29, 0.717) is 6.42 Å². The van der Waals surface area contributed by atoms with Crippen molar-refractivity contribution in [3.8, 4) is 0 Å². The average Bonchev–Trinajstić information content (AvgIpc) is 2.97. The summed E-state index contributed by atoms with van der Waals surface area (Å²) in [6, 6.07) is 0. The summed E-state index contributed by atoms with van der Waals surface area (Å²) < 4.78 is 16.4. The van der Waals surface area contributed by atoms with Crippen LogP contribution < -0.4 is 0 Å². The third kappa shape index (κ3) is 3.19. The summed E-state index contributed by atoms with van der Waals surface area (Å²) in [6.07, 6.45) is -4.36. The summed E-state index contributed by atoms with van der Waals surface area (Å²) in [5, 5.41) is 48.2. The van der Waals surface area contributed by atoms with Crippen molar-refractivity contribution in [1.29, 1.82) is 0 Å². The van der Waals surface area contributed by atoms with E-state index in [1.54, 1.807) is 0 Å². The lowest BCUT2D eigenvalue weighted by atomic mass is 9.84. The monoisotopic (exact) mass is 358 g/mol. The van der Waals surface area contributed by atoms with Crippen LogP contribution >= 0.6 is 0 Å². The minimum Gasteiger partial charge on any atom is -0.478 e. The first kappa shape index (κ1) is 18.3. The van der Waals surface area contributed by atoms with E-state index in [1.165, 1.54) is 0 Å². The molecule has 0 aromatic carbocycles. The number of rotatable bonds is 4. The highest BCUT2D eigenvalue weighted by atomic mass is 16.8. The van der Waals surface area contributed by atoms with E-state index in [2.05, 4.69) is 0 Å². The Hall–Kier alpha value is -1.49. The number of carbonyl (C=O) groups is 1. The summed E-state index contributed by atoms with van der Waals surface area (Å²) in [4.78, 5) is 11.3. The van der Waals surface area contributed by atoms with Gasteiger partial charge in [0.1, 0.15) is 24.4 Å². The number of carboxylic acids is 1. The van der Waals surface area contributed by atoms with Crippen molar-refractivity contribution >= 4 is 5.97 Å². The van der Waals surface area contributed by atoms with Gasteiger partial charge in [-0.15, -0.1) is 0 Å². The zero-order valence-electron chi connectivity index (χ0n) is 13.6. The van der Waals surface area contributed by atoms with Gasteiger partial charge < -0.3 is 39.7 Å². The Kier molecular flexibility index (Phi) is 5.14. The fourth-order valence-electron chi connectivity index (χ4n) is 3.59. The van der Waals surface area contributed by atoms with E-state index in [9.17, 15) is 30.3 Å². The molecule has 3 rings (SSSR count). The molecule has 0 amide bonds. The van der Waals surface area contributed by atoms with Crippen LogP contribution in [0, 0.1) is 11.8 Å². The molecule has 140 valence electrons. The molecule has 0 radical (unpaired) electrons. The lowest BCUT2D eigenvalue weighted by molar-refractivity contribution is -0.339. The molecule has 2 aliphatic heterocycles. The third-order valence-corrected chi connectivity index (χ3v) is 5.04. The van der Waals surface area contributed by atoms with Gasteiger partial charge in [0.25, 0.3) is 0 Å². The molecule has 8 atom stereocenters. The highest BCUT2D eigenvalue weighted by Crippen LogP contribution is 2.44. The maximum Gasteiger partial charge on any atom is 0.335 e. The van der Waals surface area contributed by atoms with Crippen molar-refractivity contribution in [2.45, 2.75) is 50.3 Å². The van der Waals surface area contributed by atoms with Gasteiger partial charge in [-0.05, 0) is 13.3 Å². The van der Waals surface area contributed by atoms with Crippen LogP contribution in [-0.4, -0.2) is 75.1 Å². The minimum atomic E-state index is -1.55. The number of carboxylic acid groups (broad SMARTS) is 1. The topological polar surface area (TPSA) is 146 Å². The average molecular weight is 358 g/mol. The molecule has 0 spiro atoms. The summed E-state index contributed by atoms with van der Waals surface area (Å²) in [5.41, 5.74) is 1.04. The van der Waals surface area contributed by atoms with Crippen LogP contribution in [-0.2, 0) is 19.0 Å². The van der Waals surface area contributed by atoms with Gasteiger partial charge in [-0.2, -0.15) is 0 Å². The van der Waals surface area contributed by atoms with Gasteiger partial charge in [-0.25, -0.2) is 4.79 Å². The van der Waals surface area contributed by atoms with Gasteiger partial charge in [-0.3, -0.25) is 0 Å². The Labute approximate surface area is 143 Å². The lowest BCUT2D eigenvalue weighted by Gasteiger charge is -2.42. The molecule has 0 aromatic rings. The lowest BCUT2D eigenvalue weighted by Crippen LogP contribution is -2.60. The van der Waals surface area contributed by atoms with E-state index in [1.807, 2.05) is 13.0 Å². The number of allylic oxidation sites excluding steroid dienone is 1. The van der Waals surface area contributed by atoms with Crippen molar-refractivity contribution in [2.75, 3.05) is 6.61 Å². The molecule has 1 aliphatic carbocycles. The second kappa shape index (κ2) is 7.02. The zero-order valence-corrected chi connectivity index (χ0v) is 13.6. The molecule has 1 fully saturated rings. The van der Waals surface area contributed by atoms with E-state index in [-0.39, 0.29) is 17.4 Å². The SMILES string of the molecule is CC1=CC[C@@H]2C(C(=O)O)=CO[C@@H](O[C@@H]3O[C@H](CO)[C@@H](O)[C@H](O)[C@H]3O)[C@H]12. The largest absolute Gasteiger partial charge is 0.478 e. The fourth-order valence-corrected chi connectivity index (χ4v) is 3.59. The number of aliphatic hydroxyl groups excluding tert-OH is 4. The molecule has 0 saturated carbocycles. The van der Waals surface area contributed by atoms with Crippen LogP contribution in [0.15, 0.2) is 23.5 Å². The Bertz CT molecular complexity index is 584. The van der Waals surface area contributed by atoms with E-state index < -0.39 is 49.6 Å². The molecule has 5 N–H and O–H groups in total. The predicted octanol–water partition coefficient (Wildman–Crippen LogP) is -1.29. The Morgan fingerprint density at radius 3 is 2.60 bits per heavy atom. The Morgan fingerprint density at radius 1 is 1.24 bits per heavy atom. The van der Waals surface area contributed by atoms with Crippen molar-refractivity contribution in [1.82, 2.24) is 0 Å². The molecule has 1 saturated heterocycles. The first-order valence-electron chi connectivity index (χ1n) is 8.06. The molecule has 0 bridgehead atoms. The van der Waals surface area contributed by atoms with Gasteiger partial charge in [-0.1, -0.05) is 11.6 Å². The van der Waals surface area contributed by atoms with Crippen LogP contribution in [0.1, 0.15) is 13.3 Å². The van der Waals surface area contributed by atoms with Gasteiger partial charge in [0.05, 0.1) is 18.4 Å². The zero-order chi connectivity index (χ0) is 18.3. The van der Waals surface area contributed by atoms with Gasteiger partial charge >= 0.3 is 5.97 Å². The second-order valence-electron chi connectivity index (χ2n) is 6.53. The molecule has 9 heteroatoms. The number of aliphatic hydroxyl groups is 4. The van der Waals surface area contributed by atoms with E-state index in [4.69, 9.17) is 14.2 Å². The van der Waals surface area contributed by atoms with Crippen molar-refractivity contribution < 1.29 is 44.5 Å². The number of hydrogen-bond donors (Lipinski definition) is 5. The first-order valence-corrected chi connectivity index (χ1v) is 8.06. The number of aliphatic carboxylic acids is 1. The van der Waals surface area contributed by atoms with Crippen LogP contribution in [0.4, 0.5) is 0 Å². The molecule has 0 unspecified atom stereocenters. The van der Waals surface area contributed by atoms with Gasteiger partial charge in [0, 0.05) is 11.8 Å². The molecular weight excluding hydrogens is 336 g/mol. The normalized spacial score (nSPS) is 43.7. The number of hydrogen-bond acceptors (Lipinski definition) is 8. The fraction of sp³-hybridized carbons (Fsp3) is 0.688. The van der Waals surface area contributed by atoms with Crippen LogP contribution in [0.3, 0.4) is 0 Å². The molecule has 25 heavy (non-hydrogen) atoms. The van der Waals surface area contributed by atoms with Crippen LogP contribution in [0.2, 0.25) is 0 Å². The quantitative estimate of drug-likeness (QED) is 0.387. The molecule has 0 aromatic heterocycles. The van der Waals surface area contributed by atoms with Crippen LogP contribution in [0.25, 0.3) is 0 Å². The molecule has 3 aliphatic rings. The molecule has 2 heterocycles. The molecular formula is C16H22O9. The maximum absolute atomic E-state index is 11.3. The number of fused-ring (bicyclic) bond motifs is 1. The second-order valence-corrected chi connectivity index (χ2v) is 6.53. The number of ether oxygens (including phenoxy) is 3. The standard InChI is InChI=1S/C16H22O9/c1-6-2-3-7-8(14(21)22)5-23-15(10(6)7)25-16-13(20)12(19)11(18)9(4-17)24-16/h2,5,7,9-13,15-20H,3-4H2,1H3,(H,21,22)/t7-,9-,10-,11-,12+,13-,15+,16+/m1/s1. The van der Waals surface area contributed by atoms with Crippen molar-refractivity contribution in [2.24, 2.45) is 11.8 Å². The highest BCUT2D eigenvalue weighted by molar-refractivity contribution is 5.87. The first-order chi connectivity index (χ1) is 11.8. The highest BCUT2D eigenvalue weighted by Gasteiger charge is 2.49. The van der Waals surface area contributed by atoms with E-state index >= 15 is 0 Å². The van der Waals surface area contributed by atoms with Crippen molar-refractivity contribution in [3.05, 3.63) is 23.5 Å². The Balaban J connectivity index is 1.78. The third-order valence-electron chi connectivity index (χ3n) is 5.04. The predicted molar refractivity (Wildman–Crippen MR) is 80.8 cm³/mol. The summed E-state index contributed by atoms with van der Waals surface area (Å²) in [7, 11) is 0. The summed E-state index contributed by atoms with van der Waals surface area (Å²) in [6.45, 7) is 1.27. The Morgan fingerprint density at radius 2 is 1.96 bits per heavy atom. The maximum atomic E-state index is 11.3. The summed E-state index contributed by atoms with van der Waals surface area (Å²) in [5.74, 6) is -1.76. The molecule has 9 nitrogen and oxygen atoms in total. The smallest absolute Gasteiger partial charge is 0.335 e. The van der Waals surface area contributed by atoms with Gasteiger partial charge in [0.2, 0.25) is 6.29 Å². The van der Waals surface area contributed by atoms with Gasteiger partial charge in [0.15, 0.2) is 6.29 Å².